The Bertz CT molecular complexity index is 1110. The van der Waals surface area contributed by atoms with Gasteiger partial charge in [0, 0.05) is 35.6 Å². The number of Topliss-reactive ketones (excluding diaryl/α,β-unsaturated/α-hetero) is 1. The first kappa shape index (κ1) is 23.7. The van der Waals surface area contributed by atoms with E-state index in [9.17, 15) is 9.59 Å². The van der Waals surface area contributed by atoms with Crippen molar-refractivity contribution >= 4 is 11.7 Å². The highest BCUT2D eigenvalue weighted by molar-refractivity contribution is 6.02. The van der Waals surface area contributed by atoms with Crippen LogP contribution in [0.3, 0.4) is 0 Å². The van der Waals surface area contributed by atoms with Gasteiger partial charge in [0.15, 0.2) is 17.3 Å². The van der Waals surface area contributed by atoms with Crippen LogP contribution in [0.15, 0.2) is 47.7 Å². The van der Waals surface area contributed by atoms with Gasteiger partial charge in [-0.25, -0.2) is 0 Å². The average Bonchev–Trinajstić information content (AvgIpc) is 2.82. The predicted octanol–water partition coefficient (Wildman–Crippen LogP) is 4.50. The van der Waals surface area contributed by atoms with Gasteiger partial charge in [-0.05, 0) is 49.9 Å². The number of para-hydroxylation sites is 1. The largest absolute Gasteiger partial charge is 0.493 e. The number of ether oxygens (including phenoxy) is 4. The number of methoxy groups -OCH3 is 3. The lowest BCUT2D eigenvalue weighted by Gasteiger charge is -2.35. The van der Waals surface area contributed by atoms with E-state index in [0.717, 1.165) is 11.1 Å². The summed E-state index contributed by atoms with van der Waals surface area (Å²) in [7, 11) is 4.69. The maximum Gasteiger partial charge on any atom is 0.225 e. The van der Waals surface area contributed by atoms with Crippen molar-refractivity contribution in [3.63, 3.8) is 0 Å². The van der Waals surface area contributed by atoms with Gasteiger partial charge in [0.2, 0.25) is 11.7 Å². The number of hydrogen-bond donors (Lipinski definition) is 1. The van der Waals surface area contributed by atoms with E-state index in [2.05, 4.69) is 5.32 Å². The molecule has 2 aromatic carbocycles. The molecule has 0 fully saturated rings. The highest BCUT2D eigenvalue weighted by Gasteiger charge is 2.39. The molecule has 1 N–H and O–H groups in total. The fourth-order valence-electron chi connectivity index (χ4n) is 4.93. The van der Waals surface area contributed by atoms with Crippen molar-refractivity contribution < 1.29 is 28.5 Å². The van der Waals surface area contributed by atoms with Crippen molar-refractivity contribution in [3.8, 4) is 23.0 Å². The molecule has 1 heterocycles. The SMILES string of the molecule is COc1cc([C@@H]2CC(=O)C3=C(C2)NC(=O)C[C@H]3c2ccccc2OC(C)C)cc(OC)c1OC. The Labute approximate surface area is 200 Å². The minimum absolute atomic E-state index is 0.0153. The standard InChI is InChI=1S/C27H31NO6/c1-15(2)34-22-9-7-6-8-18(22)19-14-25(30)28-20-10-16(11-21(29)26(19)20)17-12-23(31-3)27(33-5)24(13-17)32-4/h6-9,12-13,15-16,19H,10-11,14H2,1-5H3,(H,28,30)/t16-,19-/m0/s1. The first-order chi connectivity index (χ1) is 16.4. The first-order valence-corrected chi connectivity index (χ1v) is 11.5. The fraction of sp³-hybridized carbons (Fsp3) is 0.407. The van der Waals surface area contributed by atoms with E-state index in [-0.39, 0.29) is 36.1 Å². The van der Waals surface area contributed by atoms with Crippen LogP contribution in [0.2, 0.25) is 0 Å². The second kappa shape index (κ2) is 9.79. The quantitative estimate of drug-likeness (QED) is 0.648. The minimum atomic E-state index is -0.327. The van der Waals surface area contributed by atoms with Gasteiger partial charge < -0.3 is 24.3 Å². The lowest BCUT2D eigenvalue weighted by atomic mass is 9.73. The molecule has 2 aromatic rings. The molecule has 4 rings (SSSR count). The van der Waals surface area contributed by atoms with Crippen molar-refractivity contribution in [3.05, 3.63) is 58.8 Å². The number of amides is 1. The van der Waals surface area contributed by atoms with Gasteiger partial charge in [0.1, 0.15) is 5.75 Å². The molecular weight excluding hydrogens is 434 g/mol. The van der Waals surface area contributed by atoms with Crippen LogP contribution >= 0.6 is 0 Å². The number of hydrogen-bond acceptors (Lipinski definition) is 6. The van der Waals surface area contributed by atoms with Crippen LogP contribution in [0.5, 0.6) is 23.0 Å². The van der Waals surface area contributed by atoms with Crippen molar-refractivity contribution in [2.24, 2.45) is 0 Å². The normalized spacial score (nSPS) is 20.1. The Morgan fingerprint density at radius 1 is 0.882 bits per heavy atom. The number of ketones is 1. The Kier molecular flexibility index (Phi) is 6.82. The highest BCUT2D eigenvalue weighted by Crippen LogP contribution is 2.47. The monoisotopic (exact) mass is 465 g/mol. The molecule has 0 saturated carbocycles. The summed E-state index contributed by atoms with van der Waals surface area (Å²) in [4.78, 5) is 26.2. The molecule has 0 aromatic heterocycles. The van der Waals surface area contributed by atoms with Crippen LogP contribution in [0.1, 0.15) is 56.1 Å². The number of rotatable bonds is 7. The van der Waals surface area contributed by atoms with Crippen LogP contribution in [0, 0.1) is 0 Å². The summed E-state index contributed by atoms with van der Waals surface area (Å²) >= 11 is 0. The summed E-state index contributed by atoms with van der Waals surface area (Å²) in [6, 6.07) is 11.4. The molecule has 180 valence electrons. The predicted molar refractivity (Wildman–Crippen MR) is 128 cm³/mol. The topological polar surface area (TPSA) is 83.1 Å². The van der Waals surface area contributed by atoms with E-state index in [4.69, 9.17) is 18.9 Å². The lowest BCUT2D eigenvalue weighted by Crippen LogP contribution is -2.38. The Hall–Kier alpha value is -3.48. The number of carbonyl (C=O) groups is 2. The average molecular weight is 466 g/mol. The van der Waals surface area contributed by atoms with Gasteiger partial charge in [-0.1, -0.05) is 18.2 Å². The Morgan fingerprint density at radius 2 is 1.56 bits per heavy atom. The van der Waals surface area contributed by atoms with E-state index >= 15 is 0 Å². The number of carbonyl (C=O) groups excluding carboxylic acids is 2. The van der Waals surface area contributed by atoms with E-state index in [1.807, 2.05) is 50.2 Å². The fourth-order valence-corrected chi connectivity index (χ4v) is 4.93. The second-order valence-electron chi connectivity index (χ2n) is 8.89. The summed E-state index contributed by atoms with van der Waals surface area (Å²) in [5, 5.41) is 2.98. The maximum absolute atomic E-state index is 13.5. The van der Waals surface area contributed by atoms with Crippen LogP contribution in [0.4, 0.5) is 0 Å². The highest BCUT2D eigenvalue weighted by atomic mass is 16.5. The summed E-state index contributed by atoms with van der Waals surface area (Å²) in [5.74, 6) is 1.77. The molecule has 0 radical (unpaired) electrons. The molecule has 7 nitrogen and oxygen atoms in total. The smallest absolute Gasteiger partial charge is 0.225 e. The first-order valence-electron chi connectivity index (χ1n) is 11.5. The van der Waals surface area contributed by atoms with Gasteiger partial charge in [0.05, 0.1) is 27.4 Å². The molecule has 1 aliphatic heterocycles. The summed E-state index contributed by atoms with van der Waals surface area (Å²) in [6.07, 6.45) is 1.07. The van der Waals surface area contributed by atoms with Crippen molar-refractivity contribution in [1.82, 2.24) is 5.32 Å². The van der Waals surface area contributed by atoms with E-state index < -0.39 is 0 Å². The molecule has 0 spiro atoms. The number of benzene rings is 2. The van der Waals surface area contributed by atoms with Crippen LogP contribution in [-0.4, -0.2) is 39.1 Å². The van der Waals surface area contributed by atoms with E-state index in [1.165, 1.54) is 0 Å². The van der Waals surface area contributed by atoms with E-state index in [0.29, 0.717) is 47.1 Å². The van der Waals surface area contributed by atoms with Gasteiger partial charge in [-0.2, -0.15) is 0 Å². The number of allylic oxidation sites excluding steroid dienone is 2. The molecule has 0 bridgehead atoms. The Morgan fingerprint density at radius 3 is 2.18 bits per heavy atom. The third kappa shape index (κ3) is 4.47. The second-order valence-corrected chi connectivity index (χ2v) is 8.89. The van der Waals surface area contributed by atoms with Crippen LogP contribution < -0.4 is 24.3 Å². The minimum Gasteiger partial charge on any atom is -0.493 e. The third-order valence-electron chi connectivity index (χ3n) is 6.35. The lowest BCUT2D eigenvalue weighted by molar-refractivity contribution is -0.122. The molecule has 0 saturated heterocycles. The van der Waals surface area contributed by atoms with Gasteiger partial charge in [-0.3, -0.25) is 9.59 Å². The van der Waals surface area contributed by atoms with E-state index in [1.54, 1.807) is 21.3 Å². The summed E-state index contributed by atoms with van der Waals surface area (Å²) in [5.41, 5.74) is 3.14. The maximum atomic E-state index is 13.5. The van der Waals surface area contributed by atoms with Crippen molar-refractivity contribution in [2.75, 3.05) is 21.3 Å². The molecule has 1 amide bonds. The molecule has 1 aliphatic carbocycles. The molecular formula is C27H31NO6. The van der Waals surface area contributed by atoms with Gasteiger partial charge >= 0.3 is 0 Å². The third-order valence-corrected chi connectivity index (χ3v) is 6.35. The molecule has 2 atom stereocenters. The van der Waals surface area contributed by atoms with Gasteiger partial charge in [0.25, 0.3) is 0 Å². The van der Waals surface area contributed by atoms with Crippen LogP contribution in [-0.2, 0) is 9.59 Å². The molecule has 2 aliphatic rings. The van der Waals surface area contributed by atoms with Crippen molar-refractivity contribution in [1.29, 1.82) is 0 Å². The number of nitrogens with one attached hydrogen (secondary N) is 1. The molecule has 7 heteroatoms. The Balaban J connectivity index is 1.73. The molecule has 0 unspecified atom stereocenters. The molecule has 34 heavy (non-hydrogen) atoms. The summed E-state index contributed by atoms with van der Waals surface area (Å²) in [6.45, 7) is 3.92. The van der Waals surface area contributed by atoms with Crippen LogP contribution in [0.25, 0.3) is 0 Å². The zero-order chi connectivity index (χ0) is 24.4. The van der Waals surface area contributed by atoms with Crippen molar-refractivity contribution in [2.45, 2.75) is 51.0 Å². The zero-order valence-corrected chi connectivity index (χ0v) is 20.3. The summed E-state index contributed by atoms with van der Waals surface area (Å²) < 4.78 is 22.4. The van der Waals surface area contributed by atoms with Gasteiger partial charge in [-0.15, -0.1) is 0 Å². The zero-order valence-electron chi connectivity index (χ0n) is 20.3.